The molecule has 1 amide bonds. The minimum absolute atomic E-state index is 0.0403. The van der Waals surface area contributed by atoms with Crippen molar-refractivity contribution in [3.8, 4) is 5.75 Å². The van der Waals surface area contributed by atoms with E-state index >= 15 is 0 Å². The summed E-state index contributed by atoms with van der Waals surface area (Å²) in [4.78, 5) is 31.7. The van der Waals surface area contributed by atoms with Crippen LogP contribution in [0.2, 0.25) is 0 Å². The summed E-state index contributed by atoms with van der Waals surface area (Å²) in [5, 5.41) is 3.70. The van der Waals surface area contributed by atoms with Gasteiger partial charge in [-0.2, -0.15) is 0 Å². The molecule has 0 spiro atoms. The molecule has 2 N–H and O–H groups in total. The van der Waals surface area contributed by atoms with E-state index in [0.717, 1.165) is 25.0 Å². The third kappa shape index (κ3) is 5.02. The van der Waals surface area contributed by atoms with E-state index in [9.17, 15) is 9.59 Å². The number of ether oxygens (including phenoxy) is 1. The van der Waals surface area contributed by atoms with Crippen LogP contribution in [0.1, 0.15) is 37.9 Å². The molecule has 1 fully saturated rings. The molecule has 1 aliphatic rings. The maximum absolute atomic E-state index is 12.3. The Morgan fingerprint density at radius 1 is 1.10 bits per heavy atom. The molecule has 1 aliphatic carbocycles. The molecule has 6 nitrogen and oxygen atoms in total. The summed E-state index contributed by atoms with van der Waals surface area (Å²) < 4.78 is 5.98. The Hall–Kier alpha value is -3.15. The van der Waals surface area contributed by atoms with Crippen molar-refractivity contribution in [2.45, 2.75) is 50.7 Å². The number of nitrogens with one attached hydrogen (secondary N) is 2. The molecular formula is C23H25N3O3. The van der Waals surface area contributed by atoms with Crippen LogP contribution < -0.4 is 15.6 Å². The normalized spacial score (nSPS) is 18.6. The second-order valence-corrected chi connectivity index (χ2v) is 7.51. The summed E-state index contributed by atoms with van der Waals surface area (Å²) in [7, 11) is 0. The van der Waals surface area contributed by atoms with Crippen LogP contribution in [0.5, 0.6) is 5.75 Å². The maximum atomic E-state index is 12.3. The van der Waals surface area contributed by atoms with Gasteiger partial charge in [0.15, 0.2) is 0 Å². The van der Waals surface area contributed by atoms with Crippen LogP contribution in [-0.2, 0) is 11.2 Å². The highest BCUT2D eigenvalue weighted by molar-refractivity contribution is 5.77. The first kappa shape index (κ1) is 19.2. The Morgan fingerprint density at radius 2 is 1.90 bits per heavy atom. The fourth-order valence-electron chi connectivity index (χ4n) is 3.84. The minimum atomic E-state index is -0.134. The Labute approximate surface area is 169 Å². The van der Waals surface area contributed by atoms with Crippen LogP contribution in [0.3, 0.4) is 0 Å². The predicted octanol–water partition coefficient (Wildman–Crippen LogP) is 3.36. The summed E-state index contributed by atoms with van der Waals surface area (Å²) in [6.07, 6.45) is 4.49. The van der Waals surface area contributed by atoms with Crippen molar-refractivity contribution in [1.29, 1.82) is 0 Å². The number of benzene rings is 2. The quantitative estimate of drug-likeness (QED) is 0.647. The van der Waals surface area contributed by atoms with Crippen LogP contribution in [0.4, 0.5) is 0 Å². The van der Waals surface area contributed by atoms with Crippen molar-refractivity contribution in [3.63, 3.8) is 0 Å². The van der Waals surface area contributed by atoms with E-state index in [1.165, 1.54) is 0 Å². The number of H-pyrrole nitrogens is 1. The largest absolute Gasteiger partial charge is 0.490 e. The molecule has 2 atom stereocenters. The van der Waals surface area contributed by atoms with Crippen LogP contribution >= 0.6 is 0 Å². The number of carbonyl (C=O) groups is 1. The van der Waals surface area contributed by atoms with E-state index in [0.29, 0.717) is 36.0 Å². The van der Waals surface area contributed by atoms with E-state index in [2.05, 4.69) is 15.3 Å². The molecule has 29 heavy (non-hydrogen) atoms. The first-order valence-corrected chi connectivity index (χ1v) is 10.2. The van der Waals surface area contributed by atoms with Gasteiger partial charge >= 0.3 is 0 Å². The van der Waals surface area contributed by atoms with Crippen LogP contribution in [0, 0.1) is 0 Å². The summed E-state index contributed by atoms with van der Waals surface area (Å²) in [6.45, 7) is 0. The molecule has 0 aliphatic heterocycles. The van der Waals surface area contributed by atoms with Gasteiger partial charge in [0.2, 0.25) is 5.91 Å². The molecule has 1 aromatic heterocycles. The second-order valence-electron chi connectivity index (χ2n) is 7.51. The van der Waals surface area contributed by atoms with Gasteiger partial charge in [0, 0.05) is 25.3 Å². The third-order valence-electron chi connectivity index (χ3n) is 5.27. The zero-order valence-electron chi connectivity index (χ0n) is 16.3. The monoisotopic (exact) mass is 391 g/mol. The lowest BCUT2D eigenvalue weighted by atomic mass is 10.2. The number of aryl methyl sites for hydroxylation is 1. The molecule has 0 saturated heterocycles. The number of hydrogen-bond donors (Lipinski definition) is 2. The van der Waals surface area contributed by atoms with Crippen molar-refractivity contribution in [3.05, 3.63) is 70.8 Å². The van der Waals surface area contributed by atoms with Crippen molar-refractivity contribution >= 4 is 16.8 Å². The van der Waals surface area contributed by atoms with Gasteiger partial charge in [-0.05, 0) is 43.5 Å². The number of aromatic amines is 1. The maximum Gasteiger partial charge on any atom is 0.258 e. The van der Waals surface area contributed by atoms with E-state index < -0.39 is 0 Å². The van der Waals surface area contributed by atoms with Gasteiger partial charge in [0.05, 0.1) is 10.9 Å². The first-order valence-electron chi connectivity index (χ1n) is 10.2. The van der Waals surface area contributed by atoms with Gasteiger partial charge in [0.25, 0.3) is 5.56 Å². The topological polar surface area (TPSA) is 84.1 Å². The van der Waals surface area contributed by atoms with Crippen LogP contribution in [0.15, 0.2) is 59.4 Å². The molecule has 150 valence electrons. The summed E-state index contributed by atoms with van der Waals surface area (Å²) >= 11 is 0. The highest BCUT2D eigenvalue weighted by atomic mass is 16.5. The van der Waals surface area contributed by atoms with Gasteiger partial charge in [-0.1, -0.05) is 30.3 Å². The number of carbonyl (C=O) groups excluding carboxylic acids is 1. The van der Waals surface area contributed by atoms with Gasteiger partial charge < -0.3 is 15.0 Å². The summed E-state index contributed by atoms with van der Waals surface area (Å²) in [5.41, 5.74) is 0.552. The molecule has 3 aromatic rings. The zero-order valence-corrected chi connectivity index (χ0v) is 16.3. The van der Waals surface area contributed by atoms with Crippen molar-refractivity contribution in [2.24, 2.45) is 0 Å². The van der Waals surface area contributed by atoms with Crippen LogP contribution in [0.25, 0.3) is 10.9 Å². The zero-order chi connectivity index (χ0) is 20.1. The van der Waals surface area contributed by atoms with Gasteiger partial charge in [-0.15, -0.1) is 0 Å². The molecule has 0 radical (unpaired) electrons. The molecule has 2 unspecified atom stereocenters. The Morgan fingerprint density at radius 3 is 2.76 bits per heavy atom. The molecule has 4 rings (SSSR count). The highest BCUT2D eigenvalue weighted by Crippen LogP contribution is 2.24. The molecular weight excluding hydrogens is 366 g/mol. The van der Waals surface area contributed by atoms with E-state index in [-0.39, 0.29) is 23.6 Å². The van der Waals surface area contributed by atoms with Crippen LogP contribution in [-0.4, -0.2) is 28.0 Å². The van der Waals surface area contributed by atoms with Gasteiger partial charge in [-0.3, -0.25) is 9.59 Å². The molecule has 1 heterocycles. The lowest BCUT2D eigenvalue weighted by Crippen LogP contribution is -2.33. The smallest absolute Gasteiger partial charge is 0.258 e. The average Bonchev–Trinajstić information content (AvgIpc) is 3.15. The Balaban J connectivity index is 1.22. The van der Waals surface area contributed by atoms with Crippen molar-refractivity contribution < 1.29 is 9.53 Å². The van der Waals surface area contributed by atoms with Gasteiger partial charge in [-0.25, -0.2) is 4.98 Å². The van der Waals surface area contributed by atoms with Crippen molar-refractivity contribution in [1.82, 2.24) is 15.3 Å². The Kier molecular flexibility index (Phi) is 5.89. The van der Waals surface area contributed by atoms with E-state index in [4.69, 9.17) is 4.74 Å². The number of fused-ring (bicyclic) bond motifs is 1. The van der Waals surface area contributed by atoms with E-state index in [1.54, 1.807) is 6.07 Å². The minimum Gasteiger partial charge on any atom is -0.490 e. The average molecular weight is 391 g/mol. The fourth-order valence-corrected chi connectivity index (χ4v) is 3.84. The summed E-state index contributed by atoms with van der Waals surface area (Å²) in [5.74, 6) is 1.54. The summed E-state index contributed by atoms with van der Waals surface area (Å²) in [6, 6.07) is 17.2. The lowest BCUT2D eigenvalue weighted by Gasteiger charge is -2.15. The second kappa shape index (κ2) is 8.90. The number of aromatic nitrogens is 2. The standard InChI is InChI=1S/C23H25N3O3/c27-22(24-16-13-14-18(15-16)29-17-7-2-1-3-8-17)12-6-11-21-25-20-10-5-4-9-19(20)23(28)26-21/h1-5,7-10,16,18H,6,11-15H2,(H,24,27)(H,25,26,28). The van der Waals surface area contributed by atoms with Gasteiger partial charge in [0.1, 0.15) is 17.7 Å². The number of para-hydroxylation sites is 2. The molecule has 2 aromatic carbocycles. The number of hydrogen-bond acceptors (Lipinski definition) is 4. The highest BCUT2D eigenvalue weighted by Gasteiger charge is 2.27. The SMILES string of the molecule is O=C(CCCc1nc2ccccc2c(=O)[nH]1)NC1CCC(Oc2ccccc2)C1. The number of rotatable bonds is 7. The first-order chi connectivity index (χ1) is 14.2. The fraction of sp³-hybridized carbons (Fsp3) is 0.348. The van der Waals surface area contributed by atoms with Crippen molar-refractivity contribution in [2.75, 3.05) is 0 Å². The predicted molar refractivity (Wildman–Crippen MR) is 112 cm³/mol. The lowest BCUT2D eigenvalue weighted by molar-refractivity contribution is -0.121. The number of nitrogens with zero attached hydrogens (tertiary/aromatic N) is 1. The Bertz CT molecular complexity index is 1030. The molecule has 6 heteroatoms. The number of amides is 1. The molecule has 0 bridgehead atoms. The van der Waals surface area contributed by atoms with E-state index in [1.807, 2.05) is 48.5 Å². The molecule has 1 saturated carbocycles. The third-order valence-corrected chi connectivity index (χ3v) is 5.27.